The van der Waals surface area contributed by atoms with Crippen molar-refractivity contribution < 1.29 is 4.74 Å². The Kier molecular flexibility index (Phi) is 2.93. The SMILES string of the molecule is Cc1ccccc1C1(CC2CCCO2)CNC1. The van der Waals surface area contributed by atoms with Gasteiger partial charge in [-0.1, -0.05) is 24.3 Å². The van der Waals surface area contributed by atoms with Crippen LogP contribution in [0.25, 0.3) is 0 Å². The molecule has 0 amide bonds. The van der Waals surface area contributed by atoms with Crippen molar-refractivity contribution in [2.45, 2.75) is 37.7 Å². The average Bonchev–Trinajstić information content (AvgIpc) is 2.77. The summed E-state index contributed by atoms with van der Waals surface area (Å²) < 4.78 is 5.82. The molecule has 0 saturated carbocycles. The molecule has 2 nitrogen and oxygen atoms in total. The van der Waals surface area contributed by atoms with E-state index in [0.29, 0.717) is 11.5 Å². The summed E-state index contributed by atoms with van der Waals surface area (Å²) in [5, 5.41) is 3.45. The fourth-order valence-corrected chi connectivity index (χ4v) is 3.28. The van der Waals surface area contributed by atoms with Crippen LogP contribution in [0.4, 0.5) is 0 Å². The monoisotopic (exact) mass is 231 g/mol. The minimum Gasteiger partial charge on any atom is -0.378 e. The first kappa shape index (κ1) is 11.2. The molecule has 92 valence electrons. The summed E-state index contributed by atoms with van der Waals surface area (Å²) in [6, 6.07) is 8.82. The van der Waals surface area contributed by atoms with Gasteiger partial charge in [-0.2, -0.15) is 0 Å². The van der Waals surface area contributed by atoms with E-state index in [9.17, 15) is 0 Å². The van der Waals surface area contributed by atoms with Crippen molar-refractivity contribution in [3.05, 3.63) is 35.4 Å². The number of nitrogens with one attached hydrogen (secondary N) is 1. The van der Waals surface area contributed by atoms with E-state index in [-0.39, 0.29) is 0 Å². The van der Waals surface area contributed by atoms with Gasteiger partial charge in [-0.3, -0.25) is 0 Å². The van der Waals surface area contributed by atoms with Crippen LogP contribution in [-0.2, 0) is 10.2 Å². The van der Waals surface area contributed by atoms with Crippen LogP contribution in [0.15, 0.2) is 24.3 Å². The maximum Gasteiger partial charge on any atom is 0.0585 e. The largest absolute Gasteiger partial charge is 0.378 e. The Hall–Kier alpha value is -0.860. The van der Waals surface area contributed by atoms with E-state index in [1.54, 1.807) is 0 Å². The van der Waals surface area contributed by atoms with Crippen LogP contribution in [0.3, 0.4) is 0 Å². The molecule has 0 aromatic heterocycles. The van der Waals surface area contributed by atoms with Crippen LogP contribution in [0.2, 0.25) is 0 Å². The fraction of sp³-hybridized carbons (Fsp3) is 0.600. The molecule has 1 aromatic rings. The highest BCUT2D eigenvalue weighted by Crippen LogP contribution is 2.37. The molecule has 2 aliphatic rings. The predicted octanol–water partition coefficient (Wildman–Crippen LogP) is 2.41. The van der Waals surface area contributed by atoms with E-state index in [1.165, 1.54) is 30.4 Å². The molecule has 0 bridgehead atoms. The first-order valence-electron chi connectivity index (χ1n) is 6.69. The number of benzene rings is 1. The second-order valence-corrected chi connectivity index (χ2v) is 5.54. The van der Waals surface area contributed by atoms with Gasteiger partial charge < -0.3 is 10.1 Å². The Labute approximate surface area is 103 Å². The fourth-order valence-electron chi connectivity index (χ4n) is 3.28. The molecule has 1 atom stereocenters. The molecule has 0 spiro atoms. The molecular weight excluding hydrogens is 210 g/mol. The summed E-state index contributed by atoms with van der Waals surface area (Å²) in [7, 11) is 0. The Morgan fingerprint density at radius 3 is 2.76 bits per heavy atom. The minimum atomic E-state index is 0.334. The Bertz CT molecular complexity index is 392. The van der Waals surface area contributed by atoms with Crippen LogP contribution < -0.4 is 5.32 Å². The van der Waals surface area contributed by atoms with Crippen molar-refractivity contribution >= 4 is 0 Å². The summed E-state index contributed by atoms with van der Waals surface area (Å²) >= 11 is 0. The molecule has 17 heavy (non-hydrogen) atoms. The van der Waals surface area contributed by atoms with Gasteiger partial charge in [-0.05, 0) is 37.3 Å². The van der Waals surface area contributed by atoms with Gasteiger partial charge in [0.2, 0.25) is 0 Å². The zero-order valence-electron chi connectivity index (χ0n) is 10.5. The van der Waals surface area contributed by atoms with E-state index in [4.69, 9.17) is 4.74 Å². The molecule has 1 N–H and O–H groups in total. The molecule has 1 unspecified atom stereocenters. The van der Waals surface area contributed by atoms with Crippen LogP contribution >= 0.6 is 0 Å². The molecule has 2 saturated heterocycles. The highest BCUT2D eigenvalue weighted by atomic mass is 16.5. The van der Waals surface area contributed by atoms with Crippen LogP contribution in [0, 0.1) is 6.92 Å². The summed E-state index contributed by atoms with van der Waals surface area (Å²) in [5.74, 6) is 0. The molecule has 0 aliphatic carbocycles. The lowest BCUT2D eigenvalue weighted by atomic mass is 9.69. The summed E-state index contributed by atoms with van der Waals surface area (Å²) in [5.41, 5.74) is 3.28. The molecule has 2 heteroatoms. The highest BCUT2D eigenvalue weighted by Gasteiger charge is 2.42. The summed E-state index contributed by atoms with van der Waals surface area (Å²) in [4.78, 5) is 0. The van der Waals surface area contributed by atoms with Crippen molar-refractivity contribution in [2.24, 2.45) is 0 Å². The number of rotatable bonds is 3. The van der Waals surface area contributed by atoms with Gasteiger partial charge in [0.05, 0.1) is 6.10 Å². The van der Waals surface area contributed by atoms with Gasteiger partial charge in [-0.25, -0.2) is 0 Å². The standard InChI is InChI=1S/C15H21NO/c1-12-5-2-3-7-14(12)15(10-16-11-15)9-13-6-4-8-17-13/h2-3,5,7,13,16H,4,6,8-11H2,1H3. The molecule has 0 radical (unpaired) electrons. The van der Waals surface area contributed by atoms with Gasteiger partial charge in [-0.15, -0.1) is 0 Å². The topological polar surface area (TPSA) is 21.3 Å². The van der Waals surface area contributed by atoms with Crippen LogP contribution in [0.5, 0.6) is 0 Å². The van der Waals surface area contributed by atoms with E-state index in [1.807, 2.05) is 0 Å². The lowest BCUT2D eigenvalue weighted by Gasteiger charge is -2.45. The first-order valence-corrected chi connectivity index (χ1v) is 6.69. The minimum absolute atomic E-state index is 0.334. The Morgan fingerprint density at radius 2 is 2.18 bits per heavy atom. The maximum atomic E-state index is 5.82. The molecule has 2 aliphatic heterocycles. The second kappa shape index (κ2) is 4.43. The zero-order valence-corrected chi connectivity index (χ0v) is 10.5. The maximum absolute atomic E-state index is 5.82. The third kappa shape index (κ3) is 2.00. The first-order chi connectivity index (χ1) is 8.30. The van der Waals surface area contributed by atoms with E-state index in [0.717, 1.165) is 19.7 Å². The third-order valence-electron chi connectivity index (χ3n) is 4.29. The molecule has 2 heterocycles. The van der Waals surface area contributed by atoms with Gasteiger partial charge in [0.15, 0.2) is 0 Å². The summed E-state index contributed by atoms with van der Waals surface area (Å²) in [6.45, 7) is 5.41. The lowest BCUT2D eigenvalue weighted by Crippen LogP contribution is -2.58. The van der Waals surface area contributed by atoms with Crippen molar-refractivity contribution in [1.29, 1.82) is 0 Å². The van der Waals surface area contributed by atoms with Crippen molar-refractivity contribution in [3.63, 3.8) is 0 Å². The summed E-state index contributed by atoms with van der Waals surface area (Å²) in [6.07, 6.45) is 4.15. The molecule has 2 fully saturated rings. The third-order valence-corrected chi connectivity index (χ3v) is 4.29. The number of hydrogen-bond donors (Lipinski definition) is 1. The highest BCUT2D eigenvalue weighted by molar-refractivity contribution is 5.36. The predicted molar refractivity (Wildman–Crippen MR) is 69.3 cm³/mol. The van der Waals surface area contributed by atoms with Crippen molar-refractivity contribution in [3.8, 4) is 0 Å². The smallest absolute Gasteiger partial charge is 0.0585 e. The Balaban J connectivity index is 1.83. The van der Waals surface area contributed by atoms with Gasteiger partial charge in [0, 0.05) is 25.1 Å². The number of hydrogen-bond acceptors (Lipinski definition) is 2. The Morgan fingerprint density at radius 1 is 1.35 bits per heavy atom. The van der Waals surface area contributed by atoms with Crippen molar-refractivity contribution in [2.75, 3.05) is 19.7 Å². The molecule has 1 aromatic carbocycles. The zero-order chi connectivity index (χ0) is 11.7. The lowest BCUT2D eigenvalue weighted by molar-refractivity contribution is 0.0680. The number of aryl methyl sites for hydroxylation is 1. The normalized spacial score (nSPS) is 26.8. The van der Waals surface area contributed by atoms with E-state index >= 15 is 0 Å². The van der Waals surface area contributed by atoms with Crippen LogP contribution in [0.1, 0.15) is 30.4 Å². The number of ether oxygens (including phenoxy) is 1. The van der Waals surface area contributed by atoms with E-state index < -0.39 is 0 Å². The van der Waals surface area contributed by atoms with Gasteiger partial charge in [0.25, 0.3) is 0 Å². The molecular formula is C15H21NO. The average molecular weight is 231 g/mol. The quantitative estimate of drug-likeness (QED) is 0.862. The second-order valence-electron chi connectivity index (χ2n) is 5.54. The van der Waals surface area contributed by atoms with E-state index in [2.05, 4.69) is 36.5 Å². The van der Waals surface area contributed by atoms with Gasteiger partial charge in [0.1, 0.15) is 0 Å². The van der Waals surface area contributed by atoms with Crippen LogP contribution in [-0.4, -0.2) is 25.8 Å². The van der Waals surface area contributed by atoms with Crippen molar-refractivity contribution in [1.82, 2.24) is 5.32 Å². The molecule has 3 rings (SSSR count). The van der Waals surface area contributed by atoms with Gasteiger partial charge >= 0.3 is 0 Å².